The van der Waals surface area contributed by atoms with Gasteiger partial charge in [0.25, 0.3) is 11.6 Å². The van der Waals surface area contributed by atoms with Crippen molar-refractivity contribution in [3.8, 4) is 0 Å². The Morgan fingerprint density at radius 3 is 2.81 bits per heavy atom. The van der Waals surface area contributed by atoms with Crippen molar-refractivity contribution >= 4 is 17.6 Å². The number of nitro benzene ring substituents is 1. The van der Waals surface area contributed by atoms with Crippen molar-refractivity contribution in [3.05, 3.63) is 39.4 Å². The molecule has 0 bridgehead atoms. The molecule has 1 amide bonds. The summed E-state index contributed by atoms with van der Waals surface area (Å²) in [5.74, 6) is -1.76. The summed E-state index contributed by atoms with van der Waals surface area (Å²) < 4.78 is 0. The Bertz CT molecular complexity index is 601. The minimum atomic E-state index is -1.13. The predicted molar refractivity (Wildman–Crippen MR) is 73.2 cm³/mol. The van der Waals surface area contributed by atoms with Gasteiger partial charge in [0.1, 0.15) is 11.6 Å². The maximum atomic E-state index is 12.5. The van der Waals surface area contributed by atoms with Crippen molar-refractivity contribution in [1.29, 1.82) is 0 Å². The minimum Gasteiger partial charge on any atom is -0.480 e. The highest BCUT2D eigenvalue weighted by Crippen LogP contribution is 2.25. The zero-order chi connectivity index (χ0) is 15.6. The molecule has 8 nitrogen and oxygen atoms in total. The van der Waals surface area contributed by atoms with Gasteiger partial charge in [-0.3, -0.25) is 14.9 Å². The number of piperazine rings is 1. The highest BCUT2D eigenvalue weighted by Gasteiger charge is 2.35. The lowest BCUT2D eigenvalue weighted by molar-refractivity contribution is -0.385. The monoisotopic (exact) mass is 293 g/mol. The second kappa shape index (κ2) is 5.88. The summed E-state index contributed by atoms with van der Waals surface area (Å²) in [4.78, 5) is 35.4. The summed E-state index contributed by atoms with van der Waals surface area (Å²) in [6, 6.07) is 3.43. The standard InChI is InChI=1S/C13H15N3O5/c1-8-3-2-4-9(11(8)16(20)21)12(17)15-6-5-14-7-10(15)13(18)19/h2-4,10,14H,5-7H2,1H3,(H,18,19). The summed E-state index contributed by atoms with van der Waals surface area (Å²) in [5.41, 5.74) is 0.0196. The average molecular weight is 293 g/mol. The Labute approximate surface area is 120 Å². The van der Waals surface area contributed by atoms with Crippen LogP contribution in [-0.2, 0) is 4.79 Å². The molecule has 1 aliphatic rings. The van der Waals surface area contributed by atoms with E-state index in [1.807, 2.05) is 0 Å². The number of carbonyl (C=O) groups is 2. The number of nitro groups is 1. The molecule has 1 aromatic carbocycles. The summed E-state index contributed by atoms with van der Waals surface area (Å²) >= 11 is 0. The highest BCUT2D eigenvalue weighted by atomic mass is 16.6. The lowest BCUT2D eigenvalue weighted by Crippen LogP contribution is -2.57. The Balaban J connectivity index is 2.42. The van der Waals surface area contributed by atoms with Crippen LogP contribution in [-0.4, -0.2) is 52.5 Å². The molecule has 1 heterocycles. The Morgan fingerprint density at radius 1 is 1.48 bits per heavy atom. The fourth-order valence-corrected chi connectivity index (χ4v) is 2.40. The molecule has 0 aromatic heterocycles. The smallest absolute Gasteiger partial charge is 0.327 e. The molecule has 21 heavy (non-hydrogen) atoms. The van der Waals surface area contributed by atoms with E-state index in [0.29, 0.717) is 12.1 Å². The molecule has 0 radical (unpaired) electrons. The van der Waals surface area contributed by atoms with Gasteiger partial charge in [-0.2, -0.15) is 0 Å². The fraction of sp³-hybridized carbons (Fsp3) is 0.385. The second-order valence-electron chi connectivity index (χ2n) is 4.78. The van der Waals surface area contributed by atoms with Crippen molar-refractivity contribution in [3.63, 3.8) is 0 Å². The number of aryl methyl sites for hydroxylation is 1. The van der Waals surface area contributed by atoms with Gasteiger partial charge in [-0.15, -0.1) is 0 Å². The summed E-state index contributed by atoms with van der Waals surface area (Å²) in [6.07, 6.45) is 0. The first-order chi connectivity index (χ1) is 9.93. The van der Waals surface area contributed by atoms with Gasteiger partial charge in [-0.05, 0) is 13.0 Å². The van der Waals surface area contributed by atoms with E-state index < -0.39 is 22.8 Å². The number of rotatable bonds is 3. The number of hydrogen-bond donors (Lipinski definition) is 2. The molecule has 8 heteroatoms. The van der Waals surface area contributed by atoms with E-state index in [9.17, 15) is 19.7 Å². The molecule has 2 N–H and O–H groups in total. The molecule has 1 saturated heterocycles. The van der Waals surface area contributed by atoms with Crippen LogP contribution in [0.15, 0.2) is 18.2 Å². The van der Waals surface area contributed by atoms with Crippen LogP contribution in [0.3, 0.4) is 0 Å². The molecular formula is C13H15N3O5. The zero-order valence-corrected chi connectivity index (χ0v) is 11.4. The van der Waals surface area contributed by atoms with E-state index in [2.05, 4.69) is 5.32 Å². The molecule has 112 valence electrons. The number of aliphatic carboxylic acids is 1. The largest absolute Gasteiger partial charge is 0.480 e. The van der Waals surface area contributed by atoms with Gasteiger partial charge in [-0.25, -0.2) is 4.79 Å². The lowest BCUT2D eigenvalue weighted by atomic mass is 10.1. The van der Waals surface area contributed by atoms with Crippen LogP contribution < -0.4 is 5.32 Å². The first-order valence-corrected chi connectivity index (χ1v) is 6.42. The van der Waals surface area contributed by atoms with E-state index in [-0.39, 0.29) is 24.3 Å². The van der Waals surface area contributed by atoms with Crippen LogP contribution in [0.1, 0.15) is 15.9 Å². The van der Waals surface area contributed by atoms with E-state index in [0.717, 1.165) is 0 Å². The maximum Gasteiger partial charge on any atom is 0.327 e. The van der Waals surface area contributed by atoms with E-state index in [4.69, 9.17) is 5.11 Å². The molecule has 1 aliphatic heterocycles. The number of para-hydroxylation sites is 1. The van der Waals surface area contributed by atoms with Crippen molar-refractivity contribution in [2.75, 3.05) is 19.6 Å². The van der Waals surface area contributed by atoms with E-state index in [1.54, 1.807) is 19.1 Å². The highest BCUT2D eigenvalue weighted by molar-refractivity contribution is 6.00. The third kappa shape index (κ3) is 2.84. The number of carboxylic acid groups (broad SMARTS) is 1. The van der Waals surface area contributed by atoms with Gasteiger partial charge in [0, 0.05) is 25.2 Å². The normalized spacial score (nSPS) is 18.3. The first kappa shape index (κ1) is 14.9. The molecule has 1 aromatic rings. The van der Waals surface area contributed by atoms with Gasteiger partial charge in [0.05, 0.1) is 4.92 Å². The average Bonchev–Trinajstić information content (AvgIpc) is 2.45. The van der Waals surface area contributed by atoms with Gasteiger partial charge < -0.3 is 15.3 Å². The lowest BCUT2D eigenvalue weighted by Gasteiger charge is -2.33. The van der Waals surface area contributed by atoms with Gasteiger partial charge >= 0.3 is 5.97 Å². The Morgan fingerprint density at radius 2 is 2.19 bits per heavy atom. The Kier molecular flexibility index (Phi) is 4.18. The SMILES string of the molecule is Cc1cccc(C(=O)N2CCNCC2C(=O)O)c1[N+](=O)[O-]. The number of carbonyl (C=O) groups excluding carboxylic acids is 1. The molecule has 0 saturated carbocycles. The minimum absolute atomic E-state index is 0.0758. The molecular weight excluding hydrogens is 278 g/mol. The van der Waals surface area contributed by atoms with Crippen molar-refractivity contribution in [1.82, 2.24) is 10.2 Å². The maximum absolute atomic E-state index is 12.5. The summed E-state index contributed by atoms with van der Waals surface area (Å²) in [6.45, 7) is 2.32. The van der Waals surface area contributed by atoms with Crippen LogP contribution in [0.25, 0.3) is 0 Å². The second-order valence-corrected chi connectivity index (χ2v) is 4.78. The van der Waals surface area contributed by atoms with Crippen molar-refractivity contribution in [2.24, 2.45) is 0 Å². The quantitative estimate of drug-likeness (QED) is 0.616. The Hall–Kier alpha value is -2.48. The van der Waals surface area contributed by atoms with E-state index >= 15 is 0 Å². The van der Waals surface area contributed by atoms with Crippen LogP contribution >= 0.6 is 0 Å². The van der Waals surface area contributed by atoms with E-state index in [1.165, 1.54) is 11.0 Å². The fourth-order valence-electron chi connectivity index (χ4n) is 2.40. The topological polar surface area (TPSA) is 113 Å². The number of benzene rings is 1. The number of hydrogen-bond acceptors (Lipinski definition) is 5. The third-order valence-corrected chi connectivity index (χ3v) is 3.44. The van der Waals surface area contributed by atoms with Crippen molar-refractivity contribution in [2.45, 2.75) is 13.0 Å². The van der Waals surface area contributed by atoms with Crippen LogP contribution in [0, 0.1) is 17.0 Å². The number of amides is 1. The molecule has 2 rings (SSSR count). The first-order valence-electron chi connectivity index (χ1n) is 6.42. The molecule has 1 fully saturated rings. The zero-order valence-electron chi connectivity index (χ0n) is 11.4. The summed E-state index contributed by atoms with van der Waals surface area (Å²) in [5, 5.41) is 23.2. The number of nitrogens with zero attached hydrogens (tertiary/aromatic N) is 2. The molecule has 0 aliphatic carbocycles. The van der Waals surface area contributed by atoms with Crippen LogP contribution in [0.2, 0.25) is 0 Å². The molecule has 1 unspecified atom stereocenters. The van der Waals surface area contributed by atoms with Gasteiger partial charge in [0.15, 0.2) is 0 Å². The molecule has 1 atom stereocenters. The van der Waals surface area contributed by atoms with Gasteiger partial charge in [-0.1, -0.05) is 12.1 Å². The third-order valence-electron chi connectivity index (χ3n) is 3.44. The van der Waals surface area contributed by atoms with Crippen LogP contribution in [0.4, 0.5) is 5.69 Å². The summed E-state index contributed by atoms with van der Waals surface area (Å²) in [7, 11) is 0. The number of nitrogens with one attached hydrogen (secondary N) is 1. The van der Waals surface area contributed by atoms with Crippen molar-refractivity contribution < 1.29 is 19.6 Å². The predicted octanol–water partition coefficient (Wildman–Crippen LogP) is 0.402. The van der Waals surface area contributed by atoms with Gasteiger partial charge in [0.2, 0.25) is 0 Å². The van der Waals surface area contributed by atoms with Crippen LogP contribution in [0.5, 0.6) is 0 Å². The number of carboxylic acids is 1. The molecule has 0 spiro atoms.